The molecule has 0 aromatic heterocycles. The van der Waals surface area contributed by atoms with E-state index >= 15 is 0 Å². The summed E-state index contributed by atoms with van der Waals surface area (Å²) in [5.74, 6) is 0. The first-order chi connectivity index (χ1) is 9.86. The molecule has 0 spiro atoms. The van der Waals surface area contributed by atoms with Crippen molar-refractivity contribution in [2.75, 3.05) is 20.6 Å². The summed E-state index contributed by atoms with van der Waals surface area (Å²) in [4.78, 5) is 2.48. The molecule has 1 aromatic carbocycles. The third-order valence-electron chi connectivity index (χ3n) is 4.10. The Morgan fingerprint density at radius 1 is 1.14 bits per heavy atom. The van der Waals surface area contributed by atoms with Crippen molar-refractivity contribution in [2.45, 2.75) is 52.5 Å². The molecule has 0 aliphatic rings. The fourth-order valence-electron chi connectivity index (χ4n) is 2.99. The van der Waals surface area contributed by atoms with E-state index in [0.29, 0.717) is 4.90 Å². The summed E-state index contributed by atoms with van der Waals surface area (Å²) in [6.45, 7) is 12.6. The largest absolute Gasteiger partial charge is 0.309 e. The summed E-state index contributed by atoms with van der Waals surface area (Å²) >= 11 is 0. The molecule has 1 N–H and O–H groups in total. The topological polar surface area (TPSA) is 49.4 Å². The van der Waals surface area contributed by atoms with E-state index in [4.69, 9.17) is 0 Å². The zero-order valence-electron chi connectivity index (χ0n) is 15.1. The van der Waals surface area contributed by atoms with Crippen molar-refractivity contribution in [3.05, 3.63) is 28.8 Å². The van der Waals surface area contributed by atoms with Gasteiger partial charge in [0.15, 0.2) is 0 Å². The SMILES string of the molecule is Cc1cc(C)c(S(=O)(=O)NC(C)C(C)(C)CN(C)C)c(C)c1. The maximum Gasteiger partial charge on any atom is 0.241 e. The molecule has 1 unspecified atom stereocenters. The van der Waals surface area contributed by atoms with Crippen LogP contribution in [-0.2, 0) is 10.0 Å². The molecule has 1 atom stereocenters. The molecular weight excluding hydrogens is 296 g/mol. The minimum atomic E-state index is -3.53. The van der Waals surface area contributed by atoms with Crippen LogP contribution in [0.5, 0.6) is 0 Å². The highest BCUT2D eigenvalue weighted by Gasteiger charge is 2.31. The Kier molecular flexibility index (Phi) is 5.82. The van der Waals surface area contributed by atoms with E-state index in [0.717, 1.165) is 23.2 Å². The van der Waals surface area contributed by atoms with Crippen LogP contribution in [0, 0.1) is 26.2 Å². The second-order valence-corrected chi connectivity index (χ2v) is 8.95. The van der Waals surface area contributed by atoms with Crippen molar-refractivity contribution in [3.8, 4) is 0 Å². The zero-order valence-corrected chi connectivity index (χ0v) is 15.9. The minimum absolute atomic E-state index is 0.164. The fourth-order valence-corrected chi connectivity index (χ4v) is 4.86. The van der Waals surface area contributed by atoms with Crippen molar-refractivity contribution in [1.82, 2.24) is 9.62 Å². The number of nitrogens with zero attached hydrogens (tertiary/aromatic N) is 1. The quantitative estimate of drug-likeness (QED) is 0.874. The van der Waals surface area contributed by atoms with Crippen LogP contribution in [0.1, 0.15) is 37.5 Å². The average molecular weight is 327 g/mol. The molecule has 0 amide bonds. The van der Waals surface area contributed by atoms with E-state index in [2.05, 4.69) is 23.5 Å². The van der Waals surface area contributed by atoms with Crippen molar-refractivity contribution in [1.29, 1.82) is 0 Å². The van der Waals surface area contributed by atoms with Crippen LogP contribution in [0.15, 0.2) is 17.0 Å². The normalized spacial score (nSPS) is 14.4. The van der Waals surface area contributed by atoms with Gasteiger partial charge in [0.1, 0.15) is 0 Å². The molecule has 0 aliphatic carbocycles. The van der Waals surface area contributed by atoms with Gasteiger partial charge in [-0.05, 0) is 58.3 Å². The van der Waals surface area contributed by atoms with Crippen LogP contribution in [0.4, 0.5) is 0 Å². The molecule has 1 aromatic rings. The fraction of sp³-hybridized carbons (Fsp3) is 0.647. The zero-order chi connectivity index (χ0) is 17.3. The first-order valence-electron chi connectivity index (χ1n) is 7.62. The summed E-state index contributed by atoms with van der Waals surface area (Å²) in [6.07, 6.45) is 0. The number of nitrogens with one attached hydrogen (secondary N) is 1. The lowest BCUT2D eigenvalue weighted by Crippen LogP contribution is -2.47. The Morgan fingerprint density at radius 3 is 2.00 bits per heavy atom. The highest BCUT2D eigenvalue weighted by Crippen LogP contribution is 2.26. The van der Waals surface area contributed by atoms with Crippen LogP contribution in [0.2, 0.25) is 0 Å². The molecular formula is C17H30N2O2S. The van der Waals surface area contributed by atoms with E-state index in [9.17, 15) is 8.42 Å². The Bertz CT molecular complexity index is 611. The monoisotopic (exact) mass is 326 g/mol. The molecule has 22 heavy (non-hydrogen) atoms. The average Bonchev–Trinajstić information content (AvgIpc) is 2.23. The number of sulfonamides is 1. The summed E-state index contributed by atoms with van der Waals surface area (Å²) < 4.78 is 28.5. The molecule has 126 valence electrons. The van der Waals surface area contributed by atoms with Gasteiger partial charge in [-0.2, -0.15) is 0 Å². The van der Waals surface area contributed by atoms with Crippen LogP contribution in [0.25, 0.3) is 0 Å². The van der Waals surface area contributed by atoms with E-state index in [1.807, 2.05) is 53.9 Å². The van der Waals surface area contributed by atoms with Gasteiger partial charge in [-0.15, -0.1) is 0 Å². The predicted octanol–water partition coefficient (Wildman–Crippen LogP) is 2.87. The first kappa shape index (κ1) is 19.1. The molecule has 4 nitrogen and oxygen atoms in total. The molecule has 5 heteroatoms. The first-order valence-corrected chi connectivity index (χ1v) is 9.10. The lowest BCUT2D eigenvalue weighted by molar-refractivity contribution is 0.198. The van der Waals surface area contributed by atoms with Crippen LogP contribution < -0.4 is 4.72 Å². The third kappa shape index (κ3) is 4.54. The van der Waals surface area contributed by atoms with Crippen molar-refractivity contribution < 1.29 is 8.42 Å². The smallest absolute Gasteiger partial charge is 0.241 e. The highest BCUT2D eigenvalue weighted by atomic mass is 32.2. The molecule has 0 aliphatic heterocycles. The van der Waals surface area contributed by atoms with Crippen LogP contribution >= 0.6 is 0 Å². The highest BCUT2D eigenvalue weighted by molar-refractivity contribution is 7.89. The van der Waals surface area contributed by atoms with Gasteiger partial charge in [0.2, 0.25) is 10.0 Å². The lowest BCUT2D eigenvalue weighted by atomic mass is 9.85. The van der Waals surface area contributed by atoms with Gasteiger partial charge in [0, 0.05) is 12.6 Å². The molecule has 0 fully saturated rings. The number of benzene rings is 1. The molecule has 0 radical (unpaired) electrons. The Hall–Kier alpha value is -0.910. The van der Waals surface area contributed by atoms with Gasteiger partial charge in [0.25, 0.3) is 0 Å². The summed E-state index contributed by atoms with van der Waals surface area (Å²) in [7, 11) is 0.469. The van der Waals surface area contributed by atoms with Crippen molar-refractivity contribution >= 4 is 10.0 Å². The van der Waals surface area contributed by atoms with E-state index < -0.39 is 10.0 Å². The molecule has 1 rings (SSSR count). The summed E-state index contributed by atoms with van der Waals surface area (Å²) in [6, 6.07) is 3.66. The van der Waals surface area contributed by atoms with Gasteiger partial charge in [-0.1, -0.05) is 31.5 Å². The second kappa shape index (κ2) is 6.69. The predicted molar refractivity (Wildman–Crippen MR) is 92.8 cm³/mol. The second-order valence-electron chi connectivity index (χ2n) is 7.30. The van der Waals surface area contributed by atoms with Crippen molar-refractivity contribution in [2.24, 2.45) is 5.41 Å². The number of rotatable bonds is 6. The van der Waals surface area contributed by atoms with Gasteiger partial charge < -0.3 is 4.90 Å². The van der Waals surface area contributed by atoms with Crippen LogP contribution in [-0.4, -0.2) is 40.0 Å². The van der Waals surface area contributed by atoms with Gasteiger partial charge >= 0.3 is 0 Å². The van der Waals surface area contributed by atoms with Gasteiger partial charge in [-0.3, -0.25) is 0 Å². The van der Waals surface area contributed by atoms with Crippen molar-refractivity contribution in [3.63, 3.8) is 0 Å². The maximum atomic E-state index is 12.8. The maximum absolute atomic E-state index is 12.8. The van der Waals surface area contributed by atoms with Gasteiger partial charge in [-0.25, -0.2) is 13.1 Å². The lowest BCUT2D eigenvalue weighted by Gasteiger charge is -2.34. The Morgan fingerprint density at radius 2 is 1.59 bits per heavy atom. The Labute approximate surface area is 136 Å². The third-order valence-corrected chi connectivity index (χ3v) is 5.95. The van der Waals surface area contributed by atoms with E-state index in [1.165, 1.54) is 0 Å². The summed E-state index contributed by atoms with van der Waals surface area (Å²) in [5, 5.41) is 0. The van der Waals surface area contributed by atoms with Gasteiger partial charge in [0.05, 0.1) is 4.90 Å². The molecule has 0 saturated carbocycles. The number of aryl methyl sites for hydroxylation is 3. The van der Waals surface area contributed by atoms with Crippen LogP contribution in [0.3, 0.4) is 0 Å². The van der Waals surface area contributed by atoms with E-state index in [-0.39, 0.29) is 11.5 Å². The molecule has 0 saturated heterocycles. The summed E-state index contributed by atoms with van der Waals surface area (Å²) in [5.41, 5.74) is 2.50. The number of hydrogen-bond acceptors (Lipinski definition) is 3. The number of hydrogen-bond donors (Lipinski definition) is 1. The molecule has 0 heterocycles. The molecule has 0 bridgehead atoms. The standard InChI is InChI=1S/C17H30N2O2S/c1-12-9-13(2)16(14(3)10-12)22(20,21)18-15(4)17(5,6)11-19(7)8/h9-10,15,18H,11H2,1-8H3. The Balaban J connectivity index is 3.12. The minimum Gasteiger partial charge on any atom is -0.309 e. The van der Waals surface area contributed by atoms with E-state index in [1.54, 1.807) is 0 Å².